The average Bonchev–Trinajstić information content (AvgIpc) is 3.00. The average molecular weight is 355 g/mol. The smallest absolute Gasteiger partial charge is 0.246 e. The predicted octanol–water partition coefficient (Wildman–Crippen LogP) is 3.59. The van der Waals surface area contributed by atoms with E-state index in [1.165, 1.54) is 0 Å². The number of amides is 1. The van der Waals surface area contributed by atoms with Gasteiger partial charge >= 0.3 is 0 Å². The maximum atomic E-state index is 12.5. The summed E-state index contributed by atoms with van der Waals surface area (Å²) in [5, 5.41) is 6.02. The molecule has 0 radical (unpaired) electrons. The molecule has 0 saturated heterocycles. The molecule has 1 aromatic heterocycles. The third-order valence-corrected chi connectivity index (χ3v) is 3.94. The van der Waals surface area contributed by atoms with E-state index >= 15 is 0 Å². The summed E-state index contributed by atoms with van der Waals surface area (Å²) in [4.78, 5) is 16.8. The second-order valence-electron chi connectivity index (χ2n) is 5.84. The Morgan fingerprint density at radius 2 is 1.96 bits per heavy atom. The number of fused-ring (bicyclic) bond motifs is 1. The van der Waals surface area contributed by atoms with Crippen LogP contribution in [0, 0.1) is 6.92 Å². The lowest BCUT2D eigenvalue weighted by molar-refractivity contribution is -0.116. The SMILES string of the molecule is COc1ccc(OC)c(NC(=O)[C@@H](C)Nc2ccc3oc(C)nc3c2)c1. The first-order chi connectivity index (χ1) is 12.5. The second kappa shape index (κ2) is 7.35. The summed E-state index contributed by atoms with van der Waals surface area (Å²) in [6.07, 6.45) is 0. The van der Waals surface area contributed by atoms with Gasteiger partial charge in [0.25, 0.3) is 0 Å². The molecule has 1 atom stereocenters. The summed E-state index contributed by atoms with van der Waals surface area (Å²) in [5.74, 6) is 1.60. The molecule has 0 bridgehead atoms. The van der Waals surface area contributed by atoms with Gasteiger partial charge in [0.2, 0.25) is 5.91 Å². The Kier molecular flexibility index (Phi) is 4.97. The van der Waals surface area contributed by atoms with E-state index in [0.29, 0.717) is 28.7 Å². The van der Waals surface area contributed by atoms with Crippen LogP contribution in [-0.2, 0) is 4.79 Å². The highest BCUT2D eigenvalue weighted by molar-refractivity contribution is 5.97. The second-order valence-corrected chi connectivity index (χ2v) is 5.84. The van der Waals surface area contributed by atoms with E-state index in [9.17, 15) is 4.79 Å². The quantitative estimate of drug-likeness (QED) is 0.703. The number of ether oxygens (including phenoxy) is 2. The number of nitrogens with zero attached hydrogens (tertiary/aromatic N) is 1. The van der Waals surface area contributed by atoms with E-state index in [1.807, 2.05) is 18.2 Å². The molecule has 26 heavy (non-hydrogen) atoms. The van der Waals surface area contributed by atoms with Gasteiger partial charge in [-0.3, -0.25) is 4.79 Å². The summed E-state index contributed by atoms with van der Waals surface area (Å²) in [7, 11) is 3.12. The monoisotopic (exact) mass is 355 g/mol. The minimum absolute atomic E-state index is 0.201. The first-order valence-electron chi connectivity index (χ1n) is 8.17. The highest BCUT2D eigenvalue weighted by atomic mass is 16.5. The summed E-state index contributed by atoms with van der Waals surface area (Å²) >= 11 is 0. The molecule has 0 fully saturated rings. The highest BCUT2D eigenvalue weighted by Gasteiger charge is 2.16. The van der Waals surface area contributed by atoms with Crippen molar-refractivity contribution in [3.05, 3.63) is 42.3 Å². The number of carbonyl (C=O) groups is 1. The molecule has 0 unspecified atom stereocenters. The van der Waals surface area contributed by atoms with Crippen LogP contribution in [0.5, 0.6) is 11.5 Å². The summed E-state index contributed by atoms with van der Waals surface area (Å²) in [5.41, 5.74) is 2.79. The normalized spacial score (nSPS) is 11.8. The van der Waals surface area contributed by atoms with E-state index in [1.54, 1.807) is 46.3 Å². The van der Waals surface area contributed by atoms with E-state index in [0.717, 1.165) is 11.2 Å². The lowest BCUT2D eigenvalue weighted by atomic mass is 10.2. The topological polar surface area (TPSA) is 85.6 Å². The van der Waals surface area contributed by atoms with Crippen molar-refractivity contribution in [1.29, 1.82) is 0 Å². The summed E-state index contributed by atoms with van der Waals surface area (Å²) in [6.45, 7) is 3.57. The van der Waals surface area contributed by atoms with Crippen molar-refractivity contribution in [3.63, 3.8) is 0 Å². The molecule has 0 aliphatic rings. The van der Waals surface area contributed by atoms with E-state index < -0.39 is 6.04 Å². The molecule has 2 aromatic carbocycles. The Morgan fingerprint density at radius 1 is 1.15 bits per heavy atom. The van der Waals surface area contributed by atoms with Gasteiger partial charge in [-0.2, -0.15) is 0 Å². The Hall–Kier alpha value is -3.22. The predicted molar refractivity (Wildman–Crippen MR) is 100 cm³/mol. The lowest BCUT2D eigenvalue weighted by Crippen LogP contribution is -2.32. The van der Waals surface area contributed by atoms with Crippen molar-refractivity contribution in [2.24, 2.45) is 0 Å². The van der Waals surface area contributed by atoms with Crippen molar-refractivity contribution >= 4 is 28.4 Å². The summed E-state index contributed by atoms with van der Waals surface area (Å²) < 4.78 is 15.9. The number of nitrogens with one attached hydrogen (secondary N) is 2. The minimum atomic E-state index is -0.476. The zero-order valence-electron chi connectivity index (χ0n) is 15.1. The molecule has 0 aliphatic carbocycles. The van der Waals surface area contributed by atoms with Crippen molar-refractivity contribution in [2.75, 3.05) is 24.9 Å². The molecule has 1 heterocycles. The number of hydrogen-bond acceptors (Lipinski definition) is 6. The van der Waals surface area contributed by atoms with Crippen LogP contribution in [0.15, 0.2) is 40.8 Å². The van der Waals surface area contributed by atoms with Crippen molar-refractivity contribution in [2.45, 2.75) is 19.9 Å². The van der Waals surface area contributed by atoms with Crippen LogP contribution in [0.2, 0.25) is 0 Å². The van der Waals surface area contributed by atoms with Gasteiger partial charge in [-0.25, -0.2) is 4.98 Å². The molecular formula is C19H21N3O4. The molecule has 0 saturated carbocycles. The number of aryl methyl sites for hydroxylation is 1. The van der Waals surface area contributed by atoms with Crippen LogP contribution in [-0.4, -0.2) is 31.2 Å². The van der Waals surface area contributed by atoms with Crippen LogP contribution in [0.25, 0.3) is 11.1 Å². The van der Waals surface area contributed by atoms with Crippen molar-refractivity contribution < 1.29 is 18.7 Å². The molecular weight excluding hydrogens is 334 g/mol. The number of benzene rings is 2. The van der Waals surface area contributed by atoms with Gasteiger partial charge < -0.3 is 24.5 Å². The fourth-order valence-electron chi connectivity index (χ4n) is 2.60. The van der Waals surface area contributed by atoms with Gasteiger partial charge in [-0.15, -0.1) is 0 Å². The number of rotatable bonds is 6. The Labute approximate surface area is 151 Å². The number of methoxy groups -OCH3 is 2. The zero-order chi connectivity index (χ0) is 18.7. The number of carbonyl (C=O) groups excluding carboxylic acids is 1. The van der Waals surface area contributed by atoms with Gasteiger partial charge in [-0.1, -0.05) is 0 Å². The fraction of sp³-hybridized carbons (Fsp3) is 0.263. The molecule has 0 aliphatic heterocycles. The molecule has 1 amide bonds. The van der Waals surface area contributed by atoms with Gasteiger partial charge in [0.1, 0.15) is 23.1 Å². The molecule has 3 rings (SSSR count). The lowest BCUT2D eigenvalue weighted by Gasteiger charge is -2.17. The minimum Gasteiger partial charge on any atom is -0.497 e. The van der Waals surface area contributed by atoms with Gasteiger partial charge in [0, 0.05) is 18.7 Å². The fourth-order valence-corrected chi connectivity index (χ4v) is 2.60. The molecule has 0 spiro atoms. The van der Waals surface area contributed by atoms with E-state index in [2.05, 4.69) is 15.6 Å². The molecule has 136 valence electrons. The molecule has 3 aromatic rings. The number of hydrogen-bond donors (Lipinski definition) is 2. The zero-order valence-corrected chi connectivity index (χ0v) is 15.1. The van der Waals surface area contributed by atoms with E-state index in [-0.39, 0.29) is 5.91 Å². The molecule has 2 N–H and O–H groups in total. The van der Waals surface area contributed by atoms with Crippen LogP contribution in [0.4, 0.5) is 11.4 Å². The van der Waals surface area contributed by atoms with Crippen LogP contribution >= 0.6 is 0 Å². The molecule has 7 heteroatoms. The van der Waals surface area contributed by atoms with Crippen LogP contribution < -0.4 is 20.1 Å². The maximum absolute atomic E-state index is 12.5. The third kappa shape index (κ3) is 3.72. The first-order valence-corrected chi connectivity index (χ1v) is 8.17. The van der Waals surface area contributed by atoms with Crippen molar-refractivity contribution in [1.82, 2.24) is 4.98 Å². The summed E-state index contributed by atoms with van der Waals surface area (Å²) in [6, 6.07) is 10.3. The number of aromatic nitrogens is 1. The number of anilines is 2. The standard InChI is InChI=1S/C19H21N3O4/c1-11(20-13-5-7-18-15(9-13)21-12(2)26-18)19(23)22-16-10-14(24-3)6-8-17(16)25-4/h5-11,20H,1-4H3,(H,22,23)/t11-/m1/s1. The van der Waals surface area contributed by atoms with E-state index in [4.69, 9.17) is 13.9 Å². The van der Waals surface area contributed by atoms with Crippen LogP contribution in [0.3, 0.4) is 0 Å². The number of oxazole rings is 1. The van der Waals surface area contributed by atoms with Crippen LogP contribution in [0.1, 0.15) is 12.8 Å². The van der Waals surface area contributed by atoms with Gasteiger partial charge in [0.05, 0.1) is 19.9 Å². The first kappa shape index (κ1) is 17.6. The van der Waals surface area contributed by atoms with Gasteiger partial charge in [0.15, 0.2) is 11.5 Å². The molecule has 7 nitrogen and oxygen atoms in total. The largest absolute Gasteiger partial charge is 0.497 e. The Bertz CT molecular complexity index is 936. The Balaban J connectivity index is 1.72. The maximum Gasteiger partial charge on any atom is 0.246 e. The third-order valence-electron chi connectivity index (χ3n) is 3.94. The highest BCUT2D eigenvalue weighted by Crippen LogP contribution is 2.29. The van der Waals surface area contributed by atoms with Crippen molar-refractivity contribution in [3.8, 4) is 11.5 Å². The van der Waals surface area contributed by atoms with Gasteiger partial charge in [-0.05, 0) is 37.3 Å². The Morgan fingerprint density at radius 3 is 2.69 bits per heavy atom.